The molecule has 1 aromatic carbocycles. The number of phenols is 1. The summed E-state index contributed by atoms with van der Waals surface area (Å²) >= 11 is 0. The third-order valence-corrected chi connectivity index (χ3v) is 4.78. The van der Waals surface area contributed by atoms with Gasteiger partial charge in [0.2, 0.25) is 5.91 Å². The SMILES string of the molecule is O=C(COC1CCCOC1)N1CCCC(c2cccc(O)c2F)C1. The molecule has 24 heavy (non-hydrogen) atoms. The summed E-state index contributed by atoms with van der Waals surface area (Å²) in [5.74, 6) is -1.07. The number of piperidine rings is 1. The molecular weight excluding hydrogens is 313 g/mol. The van der Waals surface area contributed by atoms with Crippen molar-refractivity contribution in [3.05, 3.63) is 29.6 Å². The summed E-state index contributed by atoms with van der Waals surface area (Å²) in [6, 6.07) is 4.66. The summed E-state index contributed by atoms with van der Waals surface area (Å²) in [6.07, 6.45) is 3.50. The van der Waals surface area contributed by atoms with Crippen molar-refractivity contribution in [1.29, 1.82) is 0 Å². The van der Waals surface area contributed by atoms with Gasteiger partial charge in [0.1, 0.15) is 6.61 Å². The summed E-state index contributed by atoms with van der Waals surface area (Å²) in [7, 11) is 0. The van der Waals surface area contributed by atoms with Crippen LogP contribution in [0.1, 0.15) is 37.2 Å². The second-order valence-corrected chi connectivity index (χ2v) is 6.51. The van der Waals surface area contributed by atoms with Crippen LogP contribution < -0.4 is 0 Å². The van der Waals surface area contributed by atoms with Crippen LogP contribution in [0.25, 0.3) is 0 Å². The molecule has 132 valence electrons. The number of carbonyl (C=O) groups is 1. The minimum atomic E-state index is -0.576. The number of halogens is 1. The zero-order valence-corrected chi connectivity index (χ0v) is 13.7. The number of amides is 1. The maximum absolute atomic E-state index is 14.1. The van der Waals surface area contributed by atoms with Crippen LogP contribution in [0.2, 0.25) is 0 Å². The Balaban J connectivity index is 1.56. The zero-order chi connectivity index (χ0) is 16.9. The molecule has 5 nitrogen and oxygen atoms in total. The number of carbonyl (C=O) groups excluding carboxylic acids is 1. The first kappa shape index (κ1) is 17.2. The van der Waals surface area contributed by atoms with Crippen LogP contribution in [0.5, 0.6) is 5.75 Å². The van der Waals surface area contributed by atoms with Crippen LogP contribution in [-0.4, -0.2) is 54.9 Å². The van der Waals surface area contributed by atoms with Crippen LogP contribution in [0.15, 0.2) is 18.2 Å². The third kappa shape index (κ3) is 4.05. The molecule has 0 bridgehead atoms. The van der Waals surface area contributed by atoms with Gasteiger partial charge in [0.15, 0.2) is 11.6 Å². The summed E-state index contributed by atoms with van der Waals surface area (Å²) < 4.78 is 25.1. The van der Waals surface area contributed by atoms with Gasteiger partial charge in [-0.15, -0.1) is 0 Å². The molecule has 3 rings (SSSR count). The summed E-state index contributed by atoms with van der Waals surface area (Å²) in [5, 5.41) is 9.55. The van der Waals surface area contributed by atoms with Crippen molar-refractivity contribution >= 4 is 5.91 Å². The standard InChI is InChI=1S/C18H24FNO4/c19-18-15(6-1-7-16(18)21)13-4-2-8-20(10-13)17(22)12-24-14-5-3-9-23-11-14/h1,6-7,13-14,21H,2-5,8-12H2. The minimum Gasteiger partial charge on any atom is -0.505 e. The maximum Gasteiger partial charge on any atom is 0.248 e. The van der Waals surface area contributed by atoms with E-state index in [1.165, 1.54) is 6.07 Å². The molecule has 0 saturated carbocycles. The van der Waals surface area contributed by atoms with Crippen molar-refractivity contribution < 1.29 is 23.8 Å². The van der Waals surface area contributed by atoms with Crippen molar-refractivity contribution in [2.45, 2.75) is 37.7 Å². The van der Waals surface area contributed by atoms with E-state index in [1.54, 1.807) is 17.0 Å². The maximum atomic E-state index is 14.1. The normalized spacial score (nSPS) is 24.8. The Labute approximate surface area is 141 Å². The van der Waals surface area contributed by atoms with Crippen molar-refractivity contribution in [3.63, 3.8) is 0 Å². The van der Waals surface area contributed by atoms with E-state index >= 15 is 0 Å². The number of aromatic hydroxyl groups is 1. The van der Waals surface area contributed by atoms with Gasteiger partial charge in [0.25, 0.3) is 0 Å². The summed E-state index contributed by atoms with van der Waals surface area (Å²) in [5.41, 5.74) is 0.481. The highest BCUT2D eigenvalue weighted by Crippen LogP contribution is 2.31. The van der Waals surface area contributed by atoms with E-state index in [0.717, 1.165) is 32.3 Å². The summed E-state index contributed by atoms with van der Waals surface area (Å²) in [4.78, 5) is 14.1. The lowest BCUT2D eigenvalue weighted by atomic mass is 9.90. The van der Waals surface area contributed by atoms with E-state index in [2.05, 4.69) is 0 Å². The Kier molecular flexibility index (Phi) is 5.68. The number of ether oxygens (including phenoxy) is 2. The number of hydrogen-bond donors (Lipinski definition) is 1. The van der Waals surface area contributed by atoms with Gasteiger partial charge >= 0.3 is 0 Å². The Morgan fingerprint density at radius 3 is 3.04 bits per heavy atom. The van der Waals surface area contributed by atoms with Gasteiger partial charge in [-0.3, -0.25) is 4.79 Å². The lowest BCUT2D eigenvalue weighted by molar-refractivity contribution is -0.142. The van der Waals surface area contributed by atoms with Gasteiger partial charge < -0.3 is 19.5 Å². The smallest absolute Gasteiger partial charge is 0.248 e. The first-order valence-corrected chi connectivity index (χ1v) is 8.59. The number of benzene rings is 1. The highest BCUT2D eigenvalue weighted by molar-refractivity contribution is 5.77. The quantitative estimate of drug-likeness (QED) is 0.917. The first-order chi connectivity index (χ1) is 11.6. The number of nitrogens with zero attached hydrogens (tertiary/aromatic N) is 1. The predicted octanol–water partition coefficient (Wildman–Crippen LogP) is 2.43. The number of rotatable bonds is 4. The zero-order valence-electron chi connectivity index (χ0n) is 13.7. The molecule has 6 heteroatoms. The van der Waals surface area contributed by atoms with E-state index < -0.39 is 5.82 Å². The third-order valence-electron chi connectivity index (χ3n) is 4.78. The van der Waals surface area contributed by atoms with Crippen molar-refractivity contribution in [3.8, 4) is 5.75 Å². The van der Waals surface area contributed by atoms with E-state index in [4.69, 9.17) is 9.47 Å². The van der Waals surface area contributed by atoms with E-state index in [-0.39, 0.29) is 30.3 Å². The monoisotopic (exact) mass is 337 g/mol. The average molecular weight is 337 g/mol. The van der Waals surface area contributed by atoms with Gasteiger partial charge in [-0.05, 0) is 37.3 Å². The Morgan fingerprint density at radius 2 is 2.25 bits per heavy atom. The molecule has 2 aliphatic rings. The molecular formula is C18H24FNO4. The number of likely N-dealkylation sites (tertiary alicyclic amines) is 1. The molecule has 0 spiro atoms. The molecule has 2 fully saturated rings. The van der Waals surface area contributed by atoms with Gasteiger partial charge in [-0.2, -0.15) is 0 Å². The number of phenolic OH excluding ortho intramolecular Hbond substituents is 1. The van der Waals surface area contributed by atoms with Crippen LogP contribution in [-0.2, 0) is 14.3 Å². The lowest BCUT2D eigenvalue weighted by Crippen LogP contribution is -2.42. The van der Waals surface area contributed by atoms with Gasteiger partial charge in [-0.25, -0.2) is 4.39 Å². The van der Waals surface area contributed by atoms with Crippen molar-refractivity contribution in [1.82, 2.24) is 4.90 Å². The average Bonchev–Trinajstić information content (AvgIpc) is 2.63. The molecule has 2 heterocycles. The molecule has 0 aliphatic carbocycles. The minimum absolute atomic E-state index is 0.00759. The van der Waals surface area contributed by atoms with E-state index in [1.807, 2.05) is 0 Å². The molecule has 2 atom stereocenters. The highest BCUT2D eigenvalue weighted by Gasteiger charge is 2.28. The van der Waals surface area contributed by atoms with Gasteiger partial charge in [0, 0.05) is 25.6 Å². The highest BCUT2D eigenvalue weighted by atomic mass is 19.1. The molecule has 2 unspecified atom stereocenters. The molecule has 2 saturated heterocycles. The summed E-state index contributed by atoms with van der Waals surface area (Å²) in [6.45, 7) is 2.48. The van der Waals surface area contributed by atoms with Gasteiger partial charge in [-0.1, -0.05) is 12.1 Å². The van der Waals surface area contributed by atoms with Crippen LogP contribution >= 0.6 is 0 Å². The lowest BCUT2D eigenvalue weighted by Gasteiger charge is -2.33. The van der Waals surface area contributed by atoms with E-state index in [0.29, 0.717) is 25.3 Å². The van der Waals surface area contributed by atoms with Crippen LogP contribution in [0.3, 0.4) is 0 Å². The molecule has 1 N–H and O–H groups in total. The molecule has 0 radical (unpaired) electrons. The fourth-order valence-electron chi connectivity index (χ4n) is 3.43. The predicted molar refractivity (Wildman–Crippen MR) is 86.4 cm³/mol. The molecule has 1 amide bonds. The van der Waals surface area contributed by atoms with Crippen LogP contribution in [0, 0.1) is 5.82 Å². The second kappa shape index (κ2) is 7.94. The number of hydrogen-bond acceptors (Lipinski definition) is 4. The fourth-order valence-corrected chi connectivity index (χ4v) is 3.43. The topological polar surface area (TPSA) is 59.0 Å². The fraction of sp³-hybridized carbons (Fsp3) is 0.611. The van der Waals surface area contributed by atoms with E-state index in [9.17, 15) is 14.3 Å². The molecule has 0 aromatic heterocycles. The Bertz CT molecular complexity index is 574. The Morgan fingerprint density at radius 1 is 1.38 bits per heavy atom. The largest absolute Gasteiger partial charge is 0.505 e. The van der Waals surface area contributed by atoms with Gasteiger partial charge in [0.05, 0.1) is 12.7 Å². The van der Waals surface area contributed by atoms with Crippen molar-refractivity contribution in [2.75, 3.05) is 32.9 Å². The Hall–Kier alpha value is -1.66. The van der Waals surface area contributed by atoms with Crippen LogP contribution in [0.4, 0.5) is 4.39 Å². The molecule has 1 aromatic rings. The molecule has 2 aliphatic heterocycles. The van der Waals surface area contributed by atoms with Crippen molar-refractivity contribution in [2.24, 2.45) is 0 Å². The second-order valence-electron chi connectivity index (χ2n) is 6.51. The first-order valence-electron chi connectivity index (χ1n) is 8.59.